The van der Waals surface area contributed by atoms with Gasteiger partial charge in [-0.1, -0.05) is 24.3 Å². The van der Waals surface area contributed by atoms with E-state index in [1.807, 2.05) is 24.3 Å². The maximum Gasteiger partial charge on any atom is 0.296 e. The highest BCUT2D eigenvalue weighted by molar-refractivity contribution is 6.48. The third-order valence-electron chi connectivity index (χ3n) is 3.65. The van der Waals surface area contributed by atoms with E-state index in [0.29, 0.717) is 22.7 Å². The van der Waals surface area contributed by atoms with Crippen molar-refractivity contribution in [2.45, 2.75) is 6.92 Å². The second-order valence-corrected chi connectivity index (χ2v) is 5.19. The van der Waals surface area contributed by atoms with Crippen molar-refractivity contribution in [2.75, 3.05) is 12.4 Å². The minimum Gasteiger partial charge on any atom is -0.497 e. The predicted octanol–water partition coefficient (Wildman–Crippen LogP) is 3.31. The van der Waals surface area contributed by atoms with Crippen molar-refractivity contribution in [2.24, 2.45) is 0 Å². The van der Waals surface area contributed by atoms with Crippen molar-refractivity contribution in [3.8, 4) is 5.75 Å². The standard InChI is InChI=1S/C18H16N2O3/c1-11-16(14-8-3-4-9-15(14)19-11)17(21)18(22)20-12-6-5-7-13(10-12)23-2/h3-10,19H,1-2H3,(H,20,22). The molecule has 0 saturated heterocycles. The molecule has 0 atom stereocenters. The molecule has 2 aromatic carbocycles. The van der Waals surface area contributed by atoms with E-state index in [1.54, 1.807) is 38.3 Å². The van der Waals surface area contributed by atoms with Gasteiger partial charge in [-0.25, -0.2) is 0 Å². The molecule has 1 heterocycles. The van der Waals surface area contributed by atoms with Crippen LogP contribution in [0.25, 0.3) is 10.9 Å². The molecule has 0 unspecified atom stereocenters. The second kappa shape index (κ2) is 5.96. The lowest BCUT2D eigenvalue weighted by Gasteiger charge is -2.06. The smallest absolute Gasteiger partial charge is 0.296 e. The van der Waals surface area contributed by atoms with Gasteiger partial charge in [-0.2, -0.15) is 0 Å². The van der Waals surface area contributed by atoms with E-state index in [4.69, 9.17) is 4.74 Å². The SMILES string of the molecule is COc1cccc(NC(=O)C(=O)c2c(C)[nH]c3ccccc23)c1. The second-order valence-electron chi connectivity index (χ2n) is 5.19. The molecule has 0 spiro atoms. The van der Waals surface area contributed by atoms with Gasteiger partial charge in [0.15, 0.2) is 0 Å². The first-order valence-corrected chi connectivity index (χ1v) is 7.17. The number of ketones is 1. The quantitative estimate of drug-likeness (QED) is 0.574. The van der Waals surface area contributed by atoms with Crippen molar-refractivity contribution < 1.29 is 14.3 Å². The van der Waals surface area contributed by atoms with Crippen molar-refractivity contribution >= 4 is 28.3 Å². The summed E-state index contributed by atoms with van der Waals surface area (Å²) in [4.78, 5) is 28.0. The van der Waals surface area contributed by atoms with Crippen LogP contribution in [0.15, 0.2) is 48.5 Å². The molecule has 1 aromatic heterocycles. The van der Waals surface area contributed by atoms with Crippen molar-refractivity contribution in [1.29, 1.82) is 0 Å². The molecule has 0 saturated carbocycles. The van der Waals surface area contributed by atoms with Crippen LogP contribution in [-0.2, 0) is 4.79 Å². The first-order valence-electron chi connectivity index (χ1n) is 7.17. The van der Waals surface area contributed by atoms with Gasteiger partial charge in [0.25, 0.3) is 11.7 Å². The lowest BCUT2D eigenvalue weighted by molar-refractivity contribution is -0.112. The normalized spacial score (nSPS) is 10.5. The zero-order valence-corrected chi connectivity index (χ0v) is 12.8. The number of carbonyl (C=O) groups is 2. The van der Waals surface area contributed by atoms with E-state index >= 15 is 0 Å². The number of fused-ring (bicyclic) bond motifs is 1. The monoisotopic (exact) mass is 308 g/mol. The van der Waals surface area contributed by atoms with Crippen LogP contribution in [0.4, 0.5) is 5.69 Å². The maximum atomic E-state index is 12.5. The molecule has 0 bridgehead atoms. The molecule has 3 rings (SSSR count). The number of aromatic nitrogens is 1. The number of aromatic amines is 1. The molecule has 5 nitrogen and oxygen atoms in total. The Balaban J connectivity index is 1.89. The number of carbonyl (C=O) groups excluding carboxylic acids is 2. The predicted molar refractivity (Wildman–Crippen MR) is 89.0 cm³/mol. The fourth-order valence-corrected chi connectivity index (χ4v) is 2.57. The average Bonchev–Trinajstić information content (AvgIpc) is 2.90. The third-order valence-corrected chi connectivity index (χ3v) is 3.65. The Labute approximate surface area is 133 Å². The number of benzene rings is 2. The lowest BCUT2D eigenvalue weighted by Crippen LogP contribution is -2.23. The summed E-state index contributed by atoms with van der Waals surface area (Å²) >= 11 is 0. The van der Waals surface area contributed by atoms with Gasteiger partial charge < -0.3 is 15.0 Å². The van der Waals surface area contributed by atoms with Gasteiger partial charge in [0.05, 0.1) is 12.7 Å². The Hall–Kier alpha value is -3.08. The molecule has 2 N–H and O–H groups in total. The fraction of sp³-hybridized carbons (Fsp3) is 0.111. The van der Waals surface area contributed by atoms with Gasteiger partial charge >= 0.3 is 0 Å². The molecule has 23 heavy (non-hydrogen) atoms. The highest BCUT2D eigenvalue weighted by atomic mass is 16.5. The van der Waals surface area contributed by atoms with Gasteiger partial charge in [0.1, 0.15) is 5.75 Å². The summed E-state index contributed by atoms with van der Waals surface area (Å²) in [7, 11) is 1.54. The molecule has 0 aliphatic carbocycles. The molecule has 116 valence electrons. The minimum atomic E-state index is -0.675. The van der Waals surface area contributed by atoms with Crippen LogP contribution in [0.3, 0.4) is 0 Å². The van der Waals surface area contributed by atoms with Crippen LogP contribution in [-0.4, -0.2) is 23.8 Å². The average molecular weight is 308 g/mol. The number of ether oxygens (including phenoxy) is 1. The van der Waals surface area contributed by atoms with Crippen LogP contribution in [0, 0.1) is 6.92 Å². The van der Waals surface area contributed by atoms with Crippen molar-refractivity contribution in [1.82, 2.24) is 4.98 Å². The number of Topliss-reactive ketones (excluding diaryl/α,β-unsaturated/α-hetero) is 1. The number of methoxy groups -OCH3 is 1. The molecular weight excluding hydrogens is 292 g/mol. The van der Waals surface area contributed by atoms with Crippen LogP contribution in [0.2, 0.25) is 0 Å². The van der Waals surface area contributed by atoms with E-state index in [-0.39, 0.29) is 0 Å². The number of anilines is 1. The van der Waals surface area contributed by atoms with Crippen molar-refractivity contribution in [3.63, 3.8) is 0 Å². The van der Waals surface area contributed by atoms with Crippen LogP contribution in [0.1, 0.15) is 16.1 Å². The number of nitrogens with one attached hydrogen (secondary N) is 2. The Kier molecular flexibility index (Phi) is 3.85. The van der Waals surface area contributed by atoms with Gasteiger partial charge in [-0.05, 0) is 25.1 Å². The van der Waals surface area contributed by atoms with E-state index in [2.05, 4.69) is 10.3 Å². The molecule has 0 aliphatic rings. The van der Waals surface area contributed by atoms with Gasteiger partial charge in [-0.15, -0.1) is 0 Å². The van der Waals surface area contributed by atoms with E-state index < -0.39 is 11.7 Å². The Morgan fingerprint density at radius 2 is 1.87 bits per heavy atom. The number of hydrogen-bond donors (Lipinski definition) is 2. The van der Waals surface area contributed by atoms with Crippen LogP contribution in [0.5, 0.6) is 5.75 Å². The summed E-state index contributed by atoms with van der Waals surface area (Å²) in [5.41, 5.74) is 2.43. The highest BCUT2D eigenvalue weighted by Crippen LogP contribution is 2.23. The fourth-order valence-electron chi connectivity index (χ4n) is 2.57. The topological polar surface area (TPSA) is 71.2 Å². The summed E-state index contributed by atoms with van der Waals surface area (Å²) in [6, 6.07) is 14.3. The number of para-hydroxylation sites is 1. The number of hydrogen-bond acceptors (Lipinski definition) is 3. The van der Waals surface area contributed by atoms with Crippen LogP contribution >= 0.6 is 0 Å². The Morgan fingerprint density at radius 1 is 1.09 bits per heavy atom. The third kappa shape index (κ3) is 2.81. The first-order chi connectivity index (χ1) is 11.1. The molecule has 5 heteroatoms. The summed E-state index contributed by atoms with van der Waals surface area (Å²) in [5, 5.41) is 3.36. The number of rotatable bonds is 4. The molecule has 3 aromatic rings. The maximum absolute atomic E-state index is 12.5. The molecule has 0 radical (unpaired) electrons. The summed E-state index contributed by atoms with van der Waals surface area (Å²) in [6.07, 6.45) is 0. The summed E-state index contributed by atoms with van der Waals surface area (Å²) in [6.45, 7) is 1.78. The summed E-state index contributed by atoms with van der Waals surface area (Å²) in [5.74, 6) is -0.632. The van der Waals surface area contributed by atoms with Gasteiger partial charge in [0, 0.05) is 28.4 Å². The van der Waals surface area contributed by atoms with Gasteiger partial charge in [-0.3, -0.25) is 9.59 Å². The lowest BCUT2D eigenvalue weighted by atomic mass is 10.1. The number of H-pyrrole nitrogens is 1. The molecule has 0 aliphatic heterocycles. The zero-order chi connectivity index (χ0) is 16.4. The largest absolute Gasteiger partial charge is 0.497 e. The van der Waals surface area contributed by atoms with E-state index in [1.165, 1.54) is 0 Å². The molecule has 1 amide bonds. The van der Waals surface area contributed by atoms with Gasteiger partial charge in [0.2, 0.25) is 0 Å². The van der Waals surface area contributed by atoms with E-state index in [0.717, 1.165) is 10.9 Å². The Morgan fingerprint density at radius 3 is 2.65 bits per heavy atom. The Bertz CT molecular complexity index is 896. The summed E-state index contributed by atoms with van der Waals surface area (Å²) < 4.78 is 5.10. The van der Waals surface area contributed by atoms with E-state index in [9.17, 15) is 9.59 Å². The molecular formula is C18H16N2O3. The first kappa shape index (κ1) is 14.8. The zero-order valence-electron chi connectivity index (χ0n) is 12.8. The highest BCUT2D eigenvalue weighted by Gasteiger charge is 2.22. The number of amides is 1. The minimum absolute atomic E-state index is 0.404. The van der Waals surface area contributed by atoms with Crippen LogP contribution < -0.4 is 10.1 Å². The number of aryl methyl sites for hydroxylation is 1. The van der Waals surface area contributed by atoms with Crippen molar-refractivity contribution in [3.05, 3.63) is 59.8 Å². The molecule has 0 fully saturated rings.